The van der Waals surface area contributed by atoms with Crippen LogP contribution in [-0.4, -0.2) is 19.1 Å². The van der Waals surface area contributed by atoms with Crippen molar-refractivity contribution in [2.75, 3.05) is 13.2 Å². The zero-order valence-electron chi connectivity index (χ0n) is 12.4. The number of carbonyl (C=O) groups is 1. The Labute approximate surface area is 131 Å². The van der Waals surface area contributed by atoms with Gasteiger partial charge in [-0.25, -0.2) is 0 Å². The second-order valence-electron chi connectivity index (χ2n) is 6.25. The SMILES string of the molecule is CC[C@H](NC(=O)[C@@H]1CC12CCOCC2)c1ccc(Cl)cc1. The van der Waals surface area contributed by atoms with Crippen molar-refractivity contribution in [3.63, 3.8) is 0 Å². The minimum Gasteiger partial charge on any atom is -0.381 e. The molecule has 21 heavy (non-hydrogen) atoms. The lowest BCUT2D eigenvalue weighted by atomic mass is 9.93. The Balaban J connectivity index is 1.62. The molecular weight excluding hydrogens is 286 g/mol. The Hall–Kier alpha value is -1.06. The molecule has 1 amide bonds. The molecule has 1 N–H and O–H groups in total. The number of halogens is 1. The molecular formula is C17H22ClNO2. The highest BCUT2D eigenvalue weighted by Crippen LogP contribution is 2.59. The molecule has 0 aromatic heterocycles. The van der Waals surface area contributed by atoms with Gasteiger partial charge in [-0.05, 0) is 48.8 Å². The molecule has 1 saturated heterocycles. The third kappa shape index (κ3) is 3.09. The maximum absolute atomic E-state index is 12.5. The van der Waals surface area contributed by atoms with Crippen molar-refractivity contribution in [3.8, 4) is 0 Å². The summed E-state index contributed by atoms with van der Waals surface area (Å²) in [6.07, 6.45) is 3.97. The molecule has 4 heteroatoms. The van der Waals surface area contributed by atoms with Gasteiger partial charge in [-0.2, -0.15) is 0 Å². The van der Waals surface area contributed by atoms with E-state index in [1.54, 1.807) is 0 Å². The van der Waals surface area contributed by atoms with Crippen LogP contribution in [0.25, 0.3) is 0 Å². The fourth-order valence-electron chi connectivity index (χ4n) is 3.44. The van der Waals surface area contributed by atoms with E-state index >= 15 is 0 Å². The van der Waals surface area contributed by atoms with Crippen LogP contribution in [0.1, 0.15) is 44.2 Å². The molecule has 1 aliphatic heterocycles. The summed E-state index contributed by atoms with van der Waals surface area (Å²) in [6.45, 7) is 3.70. The first-order valence-electron chi connectivity index (χ1n) is 7.78. The maximum atomic E-state index is 12.5. The molecule has 0 radical (unpaired) electrons. The van der Waals surface area contributed by atoms with E-state index in [-0.39, 0.29) is 23.3 Å². The fraction of sp³-hybridized carbons (Fsp3) is 0.588. The van der Waals surface area contributed by atoms with Crippen LogP contribution in [-0.2, 0) is 9.53 Å². The van der Waals surface area contributed by atoms with Gasteiger partial charge in [-0.3, -0.25) is 4.79 Å². The van der Waals surface area contributed by atoms with Gasteiger partial charge in [-0.15, -0.1) is 0 Å². The summed E-state index contributed by atoms with van der Waals surface area (Å²) in [5, 5.41) is 3.94. The van der Waals surface area contributed by atoms with Crippen LogP contribution >= 0.6 is 11.6 Å². The summed E-state index contributed by atoms with van der Waals surface area (Å²) in [5.74, 6) is 0.390. The largest absolute Gasteiger partial charge is 0.381 e. The van der Waals surface area contributed by atoms with Crippen LogP contribution < -0.4 is 5.32 Å². The molecule has 3 nitrogen and oxygen atoms in total. The summed E-state index contributed by atoms with van der Waals surface area (Å²) in [6, 6.07) is 7.82. The Kier molecular flexibility index (Phi) is 4.23. The quantitative estimate of drug-likeness (QED) is 0.920. The highest BCUT2D eigenvalue weighted by Gasteiger charge is 2.58. The molecule has 2 aliphatic rings. The van der Waals surface area contributed by atoms with Crippen LogP contribution in [0.2, 0.25) is 5.02 Å². The number of nitrogens with one attached hydrogen (secondary N) is 1. The van der Waals surface area contributed by atoms with E-state index in [0.29, 0.717) is 0 Å². The van der Waals surface area contributed by atoms with Crippen molar-refractivity contribution in [2.24, 2.45) is 11.3 Å². The molecule has 0 bridgehead atoms. The first-order chi connectivity index (χ1) is 10.1. The normalized spacial score (nSPS) is 24.6. The van der Waals surface area contributed by atoms with E-state index < -0.39 is 0 Å². The molecule has 1 heterocycles. The predicted octanol–water partition coefficient (Wildman–Crippen LogP) is 3.72. The number of amides is 1. The van der Waals surface area contributed by atoms with Crippen molar-refractivity contribution in [2.45, 2.75) is 38.6 Å². The Bertz CT molecular complexity index is 508. The molecule has 3 rings (SSSR count). The third-order valence-corrected chi connectivity index (χ3v) is 5.24. The van der Waals surface area contributed by atoms with Crippen molar-refractivity contribution in [3.05, 3.63) is 34.9 Å². The summed E-state index contributed by atoms with van der Waals surface area (Å²) in [7, 11) is 0. The number of ether oxygens (including phenoxy) is 1. The standard InChI is InChI=1S/C17H22ClNO2/c1-2-15(12-3-5-13(18)6-4-12)19-16(20)14-11-17(14)7-9-21-10-8-17/h3-6,14-15H,2,7-11H2,1H3,(H,19,20)/t14-,15-/m0/s1. The lowest BCUT2D eigenvalue weighted by Crippen LogP contribution is -2.32. The number of rotatable bonds is 4. The van der Waals surface area contributed by atoms with Gasteiger partial charge in [0, 0.05) is 24.2 Å². The zero-order valence-corrected chi connectivity index (χ0v) is 13.2. The lowest BCUT2D eigenvalue weighted by Gasteiger charge is -2.24. The van der Waals surface area contributed by atoms with Gasteiger partial charge in [-0.1, -0.05) is 30.7 Å². The zero-order chi connectivity index (χ0) is 14.9. The number of hydrogen-bond donors (Lipinski definition) is 1. The van der Waals surface area contributed by atoms with Crippen LogP contribution in [0, 0.1) is 11.3 Å². The summed E-state index contributed by atoms with van der Waals surface area (Å²) in [4.78, 5) is 12.5. The van der Waals surface area contributed by atoms with Crippen LogP contribution in [0.4, 0.5) is 0 Å². The minimum atomic E-state index is 0.0762. The molecule has 1 aliphatic carbocycles. The first kappa shape index (κ1) is 14.9. The monoisotopic (exact) mass is 307 g/mol. The molecule has 0 unspecified atom stereocenters. The van der Waals surface area contributed by atoms with Crippen LogP contribution in [0.3, 0.4) is 0 Å². The average Bonchev–Trinajstić information content (AvgIpc) is 3.20. The predicted molar refractivity (Wildman–Crippen MR) is 83.2 cm³/mol. The summed E-state index contributed by atoms with van der Waals surface area (Å²) < 4.78 is 5.41. The van der Waals surface area contributed by atoms with E-state index in [1.165, 1.54) is 0 Å². The second-order valence-corrected chi connectivity index (χ2v) is 6.69. The highest BCUT2D eigenvalue weighted by molar-refractivity contribution is 6.30. The first-order valence-corrected chi connectivity index (χ1v) is 8.16. The van der Waals surface area contributed by atoms with Crippen molar-refractivity contribution in [1.82, 2.24) is 5.32 Å². The van der Waals surface area contributed by atoms with Crippen molar-refractivity contribution < 1.29 is 9.53 Å². The molecule has 2 atom stereocenters. The van der Waals surface area contributed by atoms with Crippen LogP contribution in [0.5, 0.6) is 0 Å². The smallest absolute Gasteiger partial charge is 0.224 e. The fourth-order valence-corrected chi connectivity index (χ4v) is 3.56. The Morgan fingerprint density at radius 1 is 1.38 bits per heavy atom. The van der Waals surface area contributed by atoms with Crippen molar-refractivity contribution in [1.29, 1.82) is 0 Å². The third-order valence-electron chi connectivity index (χ3n) is 4.99. The van der Waals surface area contributed by atoms with Gasteiger partial charge >= 0.3 is 0 Å². The van der Waals surface area contributed by atoms with Crippen molar-refractivity contribution >= 4 is 17.5 Å². The van der Waals surface area contributed by atoms with Gasteiger partial charge in [0.25, 0.3) is 0 Å². The van der Waals surface area contributed by atoms with Gasteiger partial charge in [0.1, 0.15) is 0 Å². The number of carbonyl (C=O) groups excluding carboxylic acids is 1. The van der Waals surface area contributed by atoms with E-state index in [9.17, 15) is 4.79 Å². The molecule has 1 aromatic carbocycles. The Morgan fingerprint density at radius 2 is 2.05 bits per heavy atom. The lowest BCUT2D eigenvalue weighted by molar-refractivity contribution is -0.124. The van der Waals surface area contributed by atoms with Crippen LogP contribution in [0.15, 0.2) is 24.3 Å². The average molecular weight is 308 g/mol. The molecule has 1 spiro atoms. The van der Waals surface area contributed by atoms with E-state index in [4.69, 9.17) is 16.3 Å². The molecule has 1 aromatic rings. The summed E-state index contributed by atoms with van der Waals surface area (Å²) >= 11 is 5.92. The van der Waals surface area contributed by atoms with Gasteiger partial charge in [0.05, 0.1) is 6.04 Å². The second kappa shape index (κ2) is 5.98. The number of benzene rings is 1. The van der Waals surface area contributed by atoms with E-state index in [0.717, 1.165) is 49.5 Å². The Morgan fingerprint density at radius 3 is 2.67 bits per heavy atom. The van der Waals surface area contributed by atoms with Gasteiger partial charge in [0.2, 0.25) is 5.91 Å². The van der Waals surface area contributed by atoms with Gasteiger partial charge in [0.15, 0.2) is 0 Å². The van der Waals surface area contributed by atoms with Gasteiger partial charge < -0.3 is 10.1 Å². The molecule has 1 saturated carbocycles. The highest BCUT2D eigenvalue weighted by atomic mass is 35.5. The summed E-state index contributed by atoms with van der Waals surface area (Å²) in [5.41, 5.74) is 1.36. The molecule has 114 valence electrons. The topological polar surface area (TPSA) is 38.3 Å². The molecule has 2 fully saturated rings. The van der Waals surface area contributed by atoms with E-state index in [1.807, 2.05) is 24.3 Å². The minimum absolute atomic E-state index is 0.0762. The number of hydrogen-bond acceptors (Lipinski definition) is 2. The maximum Gasteiger partial charge on any atom is 0.224 e. The van der Waals surface area contributed by atoms with E-state index in [2.05, 4.69) is 12.2 Å².